The first-order valence-electron chi connectivity index (χ1n) is 16.8. The van der Waals surface area contributed by atoms with Gasteiger partial charge in [0.05, 0.1) is 26.9 Å². The van der Waals surface area contributed by atoms with Crippen LogP contribution in [0.4, 0.5) is 28.4 Å². The third kappa shape index (κ3) is 11.6. The van der Waals surface area contributed by atoms with Crippen LogP contribution >= 0.6 is 0 Å². The van der Waals surface area contributed by atoms with Gasteiger partial charge in [0.1, 0.15) is 28.6 Å². The molecule has 4 aromatic carbocycles. The number of nitrogens with one attached hydrogen (secondary N) is 5. The zero-order valence-electron chi connectivity index (χ0n) is 31.8. The fourth-order valence-corrected chi connectivity index (χ4v) is 6.56. The van der Waals surface area contributed by atoms with E-state index in [9.17, 15) is 47.9 Å². The number of hydrogen-bond donors (Lipinski definition) is 7. The number of allylic oxidation sites excluding steroid dienone is 2. The summed E-state index contributed by atoms with van der Waals surface area (Å²) in [6.45, 7) is 4.55. The van der Waals surface area contributed by atoms with Crippen molar-refractivity contribution >= 4 is 85.4 Å². The summed E-state index contributed by atoms with van der Waals surface area (Å²) >= 11 is 0. The zero-order chi connectivity index (χ0) is 41.4. The maximum Gasteiger partial charge on any atom is 1.00 e. The predicted molar refractivity (Wildman–Crippen MR) is 214 cm³/mol. The van der Waals surface area contributed by atoms with Crippen LogP contribution < -0.4 is 55.8 Å². The Kier molecular flexibility index (Phi) is 16.6. The van der Waals surface area contributed by atoms with Gasteiger partial charge in [-0.3, -0.25) is 40.1 Å². The molecule has 18 nitrogen and oxygen atoms in total. The molecule has 0 bridgehead atoms. The topological polar surface area (TPSA) is 271 Å². The summed E-state index contributed by atoms with van der Waals surface area (Å²) in [6, 6.07) is 17.3. The van der Waals surface area contributed by atoms with E-state index in [1.807, 2.05) is 0 Å². The number of fused-ring (bicyclic) bond motifs is 2. The normalized spacial score (nSPS) is 13.7. The van der Waals surface area contributed by atoms with E-state index < -0.39 is 26.5 Å². The van der Waals surface area contributed by atoms with Crippen LogP contribution in [0.25, 0.3) is 12.2 Å². The van der Waals surface area contributed by atoms with Gasteiger partial charge in [0.15, 0.2) is 0 Å². The Morgan fingerprint density at radius 1 is 0.712 bits per heavy atom. The molecule has 2 amide bonds. The fourth-order valence-electron chi connectivity index (χ4n) is 5.50. The smallest absolute Gasteiger partial charge is 0.506 e. The Morgan fingerprint density at radius 3 is 1.61 bits per heavy atom. The Bertz CT molecular complexity index is 2580. The predicted octanol–water partition coefficient (Wildman–Crippen LogP) is 1.73. The largest absolute Gasteiger partial charge is 1.00 e. The molecule has 7 N–H and O–H groups in total. The number of phenolic OH excluding ortho intramolecular Hbond substituents is 2. The van der Waals surface area contributed by atoms with Crippen LogP contribution in [0.2, 0.25) is 0 Å². The van der Waals surface area contributed by atoms with Gasteiger partial charge < -0.3 is 20.8 Å². The van der Waals surface area contributed by atoms with E-state index in [1.54, 1.807) is 55.5 Å². The first-order valence-corrected chi connectivity index (χ1v) is 18.3. The Hall–Kier alpha value is -5.98. The number of anilines is 4. The summed E-state index contributed by atoms with van der Waals surface area (Å²) in [6.07, 6.45) is 5.88. The second-order valence-corrected chi connectivity index (χ2v) is 13.8. The molecule has 0 fully saturated rings. The van der Waals surface area contributed by atoms with Crippen molar-refractivity contribution in [2.75, 3.05) is 28.0 Å². The number of nitro benzene ring substituents is 1. The van der Waals surface area contributed by atoms with E-state index in [0.717, 1.165) is 18.2 Å². The van der Waals surface area contributed by atoms with E-state index in [0.29, 0.717) is 33.6 Å². The van der Waals surface area contributed by atoms with Gasteiger partial charge >= 0.3 is 29.6 Å². The molecule has 0 heterocycles. The average Bonchev–Trinajstić information content (AvgIpc) is 3.15. The van der Waals surface area contributed by atoms with Gasteiger partial charge in [0.2, 0.25) is 33.4 Å². The summed E-state index contributed by atoms with van der Waals surface area (Å²) in [5.41, 5.74) is 7.80. The number of nitro groups is 1. The number of ketones is 2. The van der Waals surface area contributed by atoms with Gasteiger partial charge in [-0.05, 0) is 59.7 Å². The van der Waals surface area contributed by atoms with Crippen LogP contribution in [0.15, 0.2) is 100 Å². The number of aromatic hydroxyl groups is 2. The summed E-state index contributed by atoms with van der Waals surface area (Å²) in [4.78, 5) is 58.0. The van der Waals surface area contributed by atoms with Crippen LogP contribution in [0.5, 0.6) is 11.5 Å². The molecule has 4 aromatic rings. The van der Waals surface area contributed by atoms with E-state index >= 15 is 0 Å². The summed E-state index contributed by atoms with van der Waals surface area (Å²) < 4.78 is 26.8. The number of hydrogen-bond acceptors (Lipinski definition) is 14. The van der Waals surface area contributed by atoms with Gasteiger partial charge in [-0.2, -0.15) is 10.2 Å². The van der Waals surface area contributed by atoms with Crippen molar-refractivity contribution in [1.82, 2.24) is 4.72 Å². The number of hydrazone groups is 2. The number of nitrogens with zero attached hydrogens (tertiary/aromatic N) is 3. The van der Waals surface area contributed by atoms with Crippen LogP contribution in [-0.2, 0) is 46.6 Å². The molecule has 0 spiro atoms. The molecule has 0 aromatic heterocycles. The molecule has 298 valence electrons. The van der Waals surface area contributed by atoms with Crippen LogP contribution in [-0.4, -0.2) is 64.9 Å². The summed E-state index contributed by atoms with van der Waals surface area (Å²) in [5, 5.41) is 44.3. The maximum absolute atomic E-state index is 12.5. The van der Waals surface area contributed by atoms with Crippen LogP contribution in [0.1, 0.15) is 43.0 Å². The Labute approximate surface area is 370 Å². The molecule has 6 rings (SSSR count). The van der Waals surface area contributed by atoms with Gasteiger partial charge in [0, 0.05) is 61.0 Å². The molecular formula is C38H34CrN8NaO10S+. The summed E-state index contributed by atoms with van der Waals surface area (Å²) in [5.74, 6) is -1.96. The molecule has 0 unspecified atom stereocenters. The average molecular weight is 870 g/mol. The van der Waals surface area contributed by atoms with Gasteiger partial charge in [-0.1, -0.05) is 43.3 Å². The fraction of sp³-hybridized carbons (Fsp3) is 0.105. The number of sulfonamides is 1. The summed E-state index contributed by atoms with van der Waals surface area (Å²) in [7, 11) is -3.75. The van der Waals surface area contributed by atoms with Crippen molar-refractivity contribution in [1.29, 1.82) is 0 Å². The second kappa shape index (κ2) is 20.6. The van der Waals surface area contributed by atoms with Crippen molar-refractivity contribution < 1.29 is 89.7 Å². The number of amides is 2. The standard InChI is InChI=1S/C20H20N4O5S.C18H14N4O5.Cr.Na/c1-3-21-30(28,29)14-8-10-17(26)16(11-14)23-24-20-18(27)9-7-13-5-4-6-15(19(13)20)22-12(2)25;1-10(23)19-13-4-2-3-11-5-7-16(25)18(17(11)13)21-20-14-9-12(22(26)27)6-8-15(14)24;;/h4-11,21,23,26H,3H2,1-2H3,(H,22,25);2-9,20,24H,1H3,(H,19,23);;/q;;;+1/b24-20+;21-18+;;. The third-order valence-electron chi connectivity index (χ3n) is 7.96. The molecule has 0 aliphatic heterocycles. The maximum atomic E-state index is 12.5. The number of non-ortho nitro benzene ring substituents is 1. The second-order valence-electron chi connectivity index (χ2n) is 12.1. The van der Waals surface area contributed by atoms with Crippen molar-refractivity contribution in [3.05, 3.63) is 117 Å². The molecule has 59 heavy (non-hydrogen) atoms. The minimum absolute atomic E-state index is 0. The molecule has 0 atom stereocenters. The molecule has 0 radical (unpaired) electrons. The number of carbonyl (C=O) groups is 4. The van der Waals surface area contributed by atoms with Gasteiger partial charge in [0.25, 0.3) is 5.69 Å². The van der Waals surface area contributed by atoms with Gasteiger partial charge in [-0.15, -0.1) is 0 Å². The molecule has 0 saturated carbocycles. The van der Waals surface area contributed by atoms with Crippen molar-refractivity contribution in [3.63, 3.8) is 0 Å². The minimum atomic E-state index is -3.75. The van der Waals surface area contributed by atoms with E-state index in [4.69, 9.17) is 0 Å². The van der Waals surface area contributed by atoms with Crippen molar-refractivity contribution in [2.24, 2.45) is 10.2 Å². The number of phenols is 2. The molecule has 2 aliphatic rings. The van der Waals surface area contributed by atoms with Crippen molar-refractivity contribution in [3.8, 4) is 11.5 Å². The van der Waals surface area contributed by atoms with E-state index in [1.165, 1.54) is 44.2 Å². The quantitative estimate of drug-likeness (QED) is 0.0520. The Morgan fingerprint density at radius 2 is 1.17 bits per heavy atom. The first kappa shape index (κ1) is 47.4. The van der Waals surface area contributed by atoms with Crippen LogP contribution in [0.3, 0.4) is 0 Å². The number of carbonyl (C=O) groups excluding carboxylic acids is 4. The van der Waals surface area contributed by atoms with E-state index in [2.05, 4.69) is 36.4 Å². The molecule has 2 aliphatic carbocycles. The van der Waals surface area contributed by atoms with Crippen molar-refractivity contribution in [2.45, 2.75) is 25.7 Å². The minimum Gasteiger partial charge on any atom is -0.506 e. The van der Waals surface area contributed by atoms with Gasteiger partial charge in [-0.25, -0.2) is 13.1 Å². The molecule has 21 heteroatoms. The van der Waals surface area contributed by atoms with E-state index in [-0.39, 0.29) is 110 Å². The SMILES string of the molecule is CC(=O)Nc1cccc2c1/C(=N/Nc1cc([N+](=O)[O-])ccc1O)C(=O)C=C2.CCNS(=O)(=O)c1ccc(O)c(N/N=C2\C(=O)C=Cc3cccc(NC(C)=O)c32)c1.[Cr].[Na+]. The first-order chi connectivity index (χ1) is 27.1. The number of benzene rings is 4. The molecule has 0 saturated heterocycles. The van der Waals surface area contributed by atoms with Crippen LogP contribution in [0, 0.1) is 10.1 Å². The monoisotopic (exact) mass is 869 g/mol. The Balaban J connectivity index is 0.000000306. The molecular weight excluding hydrogens is 836 g/mol. The zero-order valence-corrected chi connectivity index (χ0v) is 35.9. The third-order valence-corrected chi connectivity index (χ3v) is 9.51. The number of rotatable bonds is 10.